The van der Waals surface area contributed by atoms with Crippen molar-refractivity contribution in [1.82, 2.24) is 19.5 Å². The Kier molecular flexibility index (Phi) is 5.52. The first-order chi connectivity index (χ1) is 12.8. The van der Waals surface area contributed by atoms with Gasteiger partial charge in [-0.3, -0.25) is 4.57 Å². The van der Waals surface area contributed by atoms with Crippen LogP contribution in [0, 0.1) is 0 Å². The number of anilines is 2. The Hall–Kier alpha value is -2.78. The molecule has 2 heterocycles. The fraction of sp³-hybridized carbons (Fsp3) is 0.188. The molecule has 0 unspecified atom stereocenters. The molecule has 3 aromatic rings. The molecule has 27 heavy (non-hydrogen) atoms. The van der Waals surface area contributed by atoms with Crippen LogP contribution in [0.5, 0.6) is 0 Å². The first kappa shape index (κ1) is 19.0. The van der Waals surface area contributed by atoms with Crippen LogP contribution in [0.3, 0.4) is 0 Å². The van der Waals surface area contributed by atoms with Crippen molar-refractivity contribution >= 4 is 42.7 Å². The first-order valence-corrected chi connectivity index (χ1v) is 9.78. The molecule has 10 nitrogen and oxygen atoms in total. The molecule has 1 aromatic carbocycles. The molecule has 0 spiro atoms. The maximum absolute atomic E-state index is 10.9. The number of hydrogen-bond donors (Lipinski definition) is 4. The summed E-state index contributed by atoms with van der Waals surface area (Å²) in [6, 6.07) is 9.65. The Morgan fingerprint density at radius 2 is 1.85 bits per heavy atom. The minimum atomic E-state index is -4.23. The van der Waals surface area contributed by atoms with E-state index in [-0.39, 0.29) is 24.9 Å². The van der Waals surface area contributed by atoms with Gasteiger partial charge in [-0.15, -0.1) is 0 Å². The Balaban J connectivity index is 1.92. The lowest BCUT2D eigenvalue weighted by atomic mass is 10.2. The molecule has 0 amide bonds. The van der Waals surface area contributed by atoms with Crippen molar-refractivity contribution in [2.24, 2.45) is 0 Å². The number of nitrogen functional groups attached to an aromatic ring is 2. The molecule has 0 bridgehead atoms. The molecule has 142 valence electrons. The van der Waals surface area contributed by atoms with Gasteiger partial charge < -0.3 is 30.6 Å². The van der Waals surface area contributed by atoms with Gasteiger partial charge in [0.1, 0.15) is 12.2 Å². The van der Waals surface area contributed by atoms with Crippen LogP contribution in [-0.2, 0) is 15.8 Å². The topological polar surface area (TPSA) is 162 Å². The summed E-state index contributed by atoms with van der Waals surface area (Å²) < 4.78 is 17.7. The normalized spacial score (nSPS) is 12.2. The van der Waals surface area contributed by atoms with E-state index in [9.17, 15) is 4.57 Å². The maximum atomic E-state index is 10.9. The summed E-state index contributed by atoms with van der Waals surface area (Å²) in [6.07, 6.45) is 3.00. The summed E-state index contributed by atoms with van der Waals surface area (Å²) in [4.78, 5) is 30.3. The van der Waals surface area contributed by atoms with E-state index in [2.05, 4.69) is 15.0 Å². The van der Waals surface area contributed by atoms with Gasteiger partial charge in [0.05, 0.1) is 6.61 Å². The maximum Gasteiger partial charge on any atom is 0.350 e. The van der Waals surface area contributed by atoms with Gasteiger partial charge in [-0.05, 0) is 11.6 Å². The van der Waals surface area contributed by atoms with Gasteiger partial charge in [0, 0.05) is 6.54 Å². The monoisotopic (exact) mass is 390 g/mol. The zero-order valence-corrected chi connectivity index (χ0v) is 15.2. The highest BCUT2D eigenvalue weighted by Crippen LogP contribution is 2.33. The average Bonchev–Trinajstić information content (AvgIpc) is 2.95. The Morgan fingerprint density at radius 1 is 1.11 bits per heavy atom. The van der Waals surface area contributed by atoms with E-state index in [1.165, 1.54) is 0 Å². The van der Waals surface area contributed by atoms with Crippen LogP contribution in [0.1, 0.15) is 11.4 Å². The zero-order chi connectivity index (χ0) is 19.4. The number of nitrogens with two attached hydrogens (primary N) is 2. The van der Waals surface area contributed by atoms with E-state index in [0.717, 1.165) is 5.56 Å². The van der Waals surface area contributed by atoms with Crippen molar-refractivity contribution in [3.05, 3.63) is 41.7 Å². The highest BCUT2D eigenvalue weighted by molar-refractivity contribution is 7.51. The van der Waals surface area contributed by atoms with E-state index >= 15 is 0 Å². The quantitative estimate of drug-likeness (QED) is 0.344. The van der Waals surface area contributed by atoms with Crippen LogP contribution >= 0.6 is 7.60 Å². The standard InChI is InChI=1S/C16H19N6O4P/c17-14-13-15(21-16(18)20-14)22(8-9-26-10-27(23,24)25)12(19-13)7-6-11-4-2-1-3-5-11/h1-7H,8-10H2,(H2,23,24,25)(H4,17,18,20,21)/b7-6+. The van der Waals surface area contributed by atoms with Crippen molar-refractivity contribution in [3.8, 4) is 0 Å². The van der Waals surface area contributed by atoms with Crippen molar-refractivity contribution in [3.63, 3.8) is 0 Å². The summed E-state index contributed by atoms with van der Waals surface area (Å²) in [6.45, 7) is 0.299. The molecule has 2 aromatic heterocycles. The smallest absolute Gasteiger partial charge is 0.350 e. The van der Waals surface area contributed by atoms with Gasteiger partial charge in [-0.2, -0.15) is 9.97 Å². The molecular weight excluding hydrogens is 371 g/mol. The molecule has 3 rings (SSSR count). The van der Waals surface area contributed by atoms with E-state index in [1.807, 2.05) is 36.4 Å². The van der Waals surface area contributed by atoms with E-state index < -0.39 is 13.9 Å². The zero-order valence-electron chi connectivity index (χ0n) is 14.3. The number of fused-ring (bicyclic) bond motifs is 1. The molecule has 0 aliphatic rings. The molecule has 0 aliphatic heterocycles. The van der Waals surface area contributed by atoms with Crippen molar-refractivity contribution in [1.29, 1.82) is 0 Å². The number of imidazole rings is 1. The van der Waals surface area contributed by atoms with Crippen LogP contribution < -0.4 is 11.5 Å². The summed E-state index contributed by atoms with van der Waals surface area (Å²) in [7, 11) is -4.23. The molecule has 0 atom stereocenters. The van der Waals surface area contributed by atoms with Crippen LogP contribution in [-0.4, -0.2) is 42.3 Å². The number of rotatable bonds is 7. The third-order valence-electron chi connectivity index (χ3n) is 3.61. The van der Waals surface area contributed by atoms with Crippen LogP contribution in [0.2, 0.25) is 0 Å². The van der Waals surface area contributed by atoms with Crippen LogP contribution in [0.25, 0.3) is 23.3 Å². The van der Waals surface area contributed by atoms with Gasteiger partial charge in [0.2, 0.25) is 5.95 Å². The SMILES string of the molecule is Nc1nc(N)c2nc(/C=C/c3ccccc3)n(CCOCP(=O)(O)O)c2n1. The fourth-order valence-electron chi connectivity index (χ4n) is 2.48. The lowest BCUT2D eigenvalue weighted by Crippen LogP contribution is -2.10. The Labute approximate surface area is 154 Å². The number of aromatic nitrogens is 4. The average molecular weight is 390 g/mol. The summed E-state index contributed by atoms with van der Waals surface area (Å²) in [5.74, 6) is 0.706. The molecule has 0 fully saturated rings. The summed E-state index contributed by atoms with van der Waals surface area (Å²) in [5, 5.41) is 0. The number of hydrogen-bond acceptors (Lipinski definition) is 7. The molecule has 0 radical (unpaired) electrons. The van der Waals surface area contributed by atoms with E-state index in [0.29, 0.717) is 17.0 Å². The second-order valence-corrected chi connectivity index (χ2v) is 7.29. The fourth-order valence-corrected chi connectivity index (χ4v) is 2.85. The number of ether oxygens (including phenoxy) is 1. The van der Waals surface area contributed by atoms with Crippen LogP contribution in [0.4, 0.5) is 11.8 Å². The van der Waals surface area contributed by atoms with Gasteiger partial charge in [-0.25, -0.2) is 4.98 Å². The Bertz CT molecular complexity index is 1010. The van der Waals surface area contributed by atoms with E-state index in [1.54, 1.807) is 10.6 Å². The minimum Gasteiger partial charge on any atom is -0.382 e. The molecular formula is C16H19N6O4P. The largest absolute Gasteiger partial charge is 0.382 e. The van der Waals surface area contributed by atoms with Crippen molar-refractivity contribution in [2.75, 3.05) is 24.4 Å². The summed E-state index contributed by atoms with van der Waals surface area (Å²) in [5.41, 5.74) is 13.4. The first-order valence-electron chi connectivity index (χ1n) is 7.98. The van der Waals surface area contributed by atoms with E-state index in [4.69, 9.17) is 26.0 Å². The molecule has 0 aliphatic carbocycles. The predicted octanol–water partition coefficient (Wildman–Crippen LogP) is 1.31. The second kappa shape index (κ2) is 7.85. The van der Waals surface area contributed by atoms with Crippen LogP contribution in [0.15, 0.2) is 30.3 Å². The number of nitrogens with zero attached hydrogens (tertiary/aromatic N) is 4. The molecule has 0 saturated heterocycles. The lowest BCUT2D eigenvalue weighted by Gasteiger charge is -2.09. The highest BCUT2D eigenvalue weighted by Gasteiger charge is 2.16. The third kappa shape index (κ3) is 4.89. The second-order valence-electron chi connectivity index (χ2n) is 5.71. The summed E-state index contributed by atoms with van der Waals surface area (Å²) >= 11 is 0. The van der Waals surface area contributed by atoms with Gasteiger partial charge >= 0.3 is 7.60 Å². The number of benzene rings is 1. The Morgan fingerprint density at radius 3 is 2.56 bits per heavy atom. The third-order valence-corrected chi connectivity index (χ3v) is 4.13. The van der Waals surface area contributed by atoms with Crippen molar-refractivity contribution in [2.45, 2.75) is 6.54 Å². The van der Waals surface area contributed by atoms with Gasteiger partial charge in [0.15, 0.2) is 17.0 Å². The molecule has 0 saturated carbocycles. The predicted molar refractivity (Wildman–Crippen MR) is 102 cm³/mol. The van der Waals surface area contributed by atoms with Gasteiger partial charge in [-0.1, -0.05) is 36.4 Å². The molecule has 11 heteroatoms. The highest BCUT2D eigenvalue weighted by atomic mass is 31.2. The van der Waals surface area contributed by atoms with Crippen molar-refractivity contribution < 1.29 is 19.1 Å². The van der Waals surface area contributed by atoms with Gasteiger partial charge in [0.25, 0.3) is 0 Å². The lowest BCUT2D eigenvalue weighted by molar-refractivity contribution is 0.149. The minimum absolute atomic E-state index is 0.0101. The molecule has 6 N–H and O–H groups in total.